The van der Waals surface area contributed by atoms with Gasteiger partial charge in [0, 0.05) is 5.56 Å². The molecule has 20 heavy (non-hydrogen) atoms. The largest absolute Gasteiger partial charge is 0.495 e. The molecule has 0 heterocycles. The number of carboxylic acids is 1. The molecule has 0 bridgehead atoms. The highest BCUT2D eigenvalue weighted by molar-refractivity contribution is 7.98. The zero-order chi connectivity index (χ0) is 15.1. The summed E-state index contributed by atoms with van der Waals surface area (Å²) in [7, 11) is 1.49. The van der Waals surface area contributed by atoms with Gasteiger partial charge < -0.3 is 15.2 Å². The van der Waals surface area contributed by atoms with E-state index in [1.165, 1.54) is 14.0 Å². The minimum atomic E-state index is -0.906. The van der Waals surface area contributed by atoms with Gasteiger partial charge in [-0.1, -0.05) is 0 Å². The quantitative estimate of drug-likeness (QED) is 0.718. The Morgan fingerprint density at radius 2 is 2.15 bits per heavy atom. The van der Waals surface area contributed by atoms with Crippen LogP contribution in [0.25, 0.3) is 0 Å². The molecule has 6 heteroatoms. The minimum Gasteiger partial charge on any atom is -0.495 e. The summed E-state index contributed by atoms with van der Waals surface area (Å²) in [6, 6.07) is 4.25. The summed E-state index contributed by atoms with van der Waals surface area (Å²) in [6.07, 6.45) is 2.44. The van der Waals surface area contributed by atoms with E-state index in [1.54, 1.807) is 30.0 Å². The third-order valence-corrected chi connectivity index (χ3v) is 3.49. The third-order valence-electron chi connectivity index (χ3n) is 2.85. The van der Waals surface area contributed by atoms with Crippen molar-refractivity contribution in [3.63, 3.8) is 0 Å². The van der Waals surface area contributed by atoms with Gasteiger partial charge in [0.1, 0.15) is 11.8 Å². The first-order chi connectivity index (χ1) is 9.49. The van der Waals surface area contributed by atoms with Crippen molar-refractivity contribution >= 4 is 29.2 Å². The van der Waals surface area contributed by atoms with Crippen LogP contribution in [0.4, 0.5) is 5.69 Å². The van der Waals surface area contributed by atoms with Gasteiger partial charge in [-0.25, -0.2) is 4.79 Å². The Morgan fingerprint density at radius 3 is 2.65 bits per heavy atom. The number of ether oxygens (including phenoxy) is 1. The van der Waals surface area contributed by atoms with Crippen LogP contribution in [-0.2, 0) is 4.79 Å². The minimum absolute atomic E-state index is 0.0629. The number of ketones is 1. The maximum absolute atomic E-state index is 11.3. The molecule has 0 aliphatic carbocycles. The van der Waals surface area contributed by atoms with E-state index in [0.29, 0.717) is 23.4 Å². The molecule has 1 atom stereocenters. The van der Waals surface area contributed by atoms with Gasteiger partial charge in [0.15, 0.2) is 5.78 Å². The zero-order valence-electron chi connectivity index (χ0n) is 11.8. The summed E-state index contributed by atoms with van der Waals surface area (Å²) in [5.74, 6) is 0.245. The molecule has 5 nitrogen and oxygen atoms in total. The van der Waals surface area contributed by atoms with Crippen molar-refractivity contribution in [2.24, 2.45) is 0 Å². The number of carbonyl (C=O) groups excluding carboxylic acids is 1. The van der Waals surface area contributed by atoms with Gasteiger partial charge in [0.25, 0.3) is 0 Å². The lowest BCUT2D eigenvalue weighted by Gasteiger charge is -2.18. The van der Waals surface area contributed by atoms with Gasteiger partial charge in [-0.05, 0) is 43.6 Å². The predicted molar refractivity (Wildman–Crippen MR) is 81.0 cm³/mol. The van der Waals surface area contributed by atoms with Crippen LogP contribution in [0.1, 0.15) is 23.7 Å². The van der Waals surface area contributed by atoms with E-state index in [0.717, 1.165) is 5.75 Å². The highest BCUT2D eigenvalue weighted by Gasteiger charge is 2.18. The summed E-state index contributed by atoms with van der Waals surface area (Å²) in [6.45, 7) is 1.47. The van der Waals surface area contributed by atoms with Gasteiger partial charge in [0.2, 0.25) is 0 Å². The smallest absolute Gasteiger partial charge is 0.326 e. The first kappa shape index (κ1) is 16.4. The number of benzene rings is 1. The number of hydrogen-bond acceptors (Lipinski definition) is 5. The van der Waals surface area contributed by atoms with E-state index in [2.05, 4.69) is 5.32 Å². The van der Waals surface area contributed by atoms with Gasteiger partial charge >= 0.3 is 5.97 Å². The molecule has 110 valence electrons. The SMILES string of the molecule is COc1cc(C(C)=O)ccc1NC(CCSC)C(=O)O. The average Bonchev–Trinajstić information content (AvgIpc) is 2.42. The lowest BCUT2D eigenvalue weighted by Crippen LogP contribution is -2.30. The standard InChI is InChI=1S/C14H19NO4S/c1-9(16)10-4-5-11(13(8-10)19-2)15-12(14(17)18)6-7-20-3/h4-5,8,12,15H,6-7H2,1-3H3,(H,17,18). The maximum atomic E-state index is 11.3. The van der Waals surface area contributed by atoms with E-state index < -0.39 is 12.0 Å². The Bertz CT molecular complexity index is 490. The fourth-order valence-corrected chi connectivity index (χ4v) is 2.18. The van der Waals surface area contributed by atoms with Crippen molar-refractivity contribution in [3.8, 4) is 5.75 Å². The van der Waals surface area contributed by atoms with Crippen LogP contribution in [0.3, 0.4) is 0 Å². The van der Waals surface area contributed by atoms with Crippen LogP contribution >= 0.6 is 11.8 Å². The zero-order valence-corrected chi connectivity index (χ0v) is 12.6. The lowest BCUT2D eigenvalue weighted by atomic mass is 10.1. The molecule has 0 fully saturated rings. The fraction of sp³-hybridized carbons (Fsp3) is 0.429. The number of methoxy groups -OCH3 is 1. The number of rotatable bonds is 8. The summed E-state index contributed by atoms with van der Waals surface area (Å²) >= 11 is 1.59. The lowest BCUT2D eigenvalue weighted by molar-refractivity contribution is -0.137. The fourth-order valence-electron chi connectivity index (χ4n) is 1.71. The summed E-state index contributed by atoms with van der Waals surface area (Å²) in [5, 5.41) is 12.2. The van der Waals surface area contributed by atoms with Crippen molar-refractivity contribution < 1.29 is 19.4 Å². The normalized spacial score (nSPS) is 11.8. The van der Waals surface area contributed by atoms with E-state index in [4.69, 9.17) is 4.74 Å². The van der Waals surface area contributed by atoms with Crippen LogP contribution in [0, 0.1) is 0 Å². The number of carboxylic acid groups (broad SMARTS) is 1. The Hall–Kier alpha value is -1.69. The number of carbonyl (C=O) groups is 2. The summed E-state index contributed by atoms with van der Waals surface area (Å²) in [4.78, 5) is 22.5. The molecule has 2 N–H and O–H groups in total. The van der Waals surface area contributed by atoms with Gasteiger partial charge in [-0.15, -0.1) is 0 Å². The Balaban J connectivity index is 2.94. The van der Waals surface area contributed by atoms with Crippen LogP contribution in [0.5, 0.6) is 5.75 Å². The van der Waals surface area contributed by atoms with E-state index in [1.807, 2.05) is 6.26 Å². The van der Waals surface area contributed by atoms with Crippen LogP contribution in [0.15, 0.2) is 18.2 Å². The molecule has 0 saturated heterocycles. The molecular weight excluding hydrogens is 278 g/mol. The Morgan fingerprint density at radius 1 is 1.45 bits per heavy atom. The molecule has 0 aliphatic heterocycles. The average molecular weight is 297 g/mol. The third kappa shape index (κ3) is 4.45. The van der Waals surface area contributed by atoms with Gasteiger partial charge in [0.05, 0.1) is 12.8 Å². The molecule has 1 rings (SSSR count). The topological polar surface area (TPSA) is 75.6 Å². The van der Waals surface area contributed by atoms with Crippen molar-refractivity contribution in [2.45, 2.75) is 19.4 Å². The van der Waals surface area contributed by atoms with Crippen molar-refractivity contribution in [1.82, 2.24) is 0 Å². The molecule has 0 amide bonds. The van der Waals surface area contributed by atoms with Crippen LogP contribution in [0.2, 0.25) is 0 Å². The number of aliphatic carboxylic acids is 1. The highest BCUT2D eigenvalue weighted by atomic mass is 32.2. The second-order valence-corrected chi connectivity index (χ2v) is 5.27. The summed E-state index contributed by atoms with van der Waals surface area (Å²) < 4.78 is 5.21. The molecule has 1 unspecified atom stereocenters. The van der Waals surface area contributed by atoms with E-state index in [-0.39, 0.29) is 5.78 Å². The molecule has 0 radical (unpaired) electrons. The Labute approximate surface area is 122 Å². The summed E-state index contributed by atoms with van der Waals surface area (Å²) in [5.41, 5.74) is 1.11. The monoisotopic (exact) mass is 297 g/mol. The molecule has 0 aromatic heterocycles. The second kappa shape index (κ2) is 7.79. The Kier molecular flexibility index (Phi) is 6.38. The molecule has 0 saturated carbocycles. The predicted octanol–water partition coefficient (Wildman–Crippen LogP) is 2.52. The molecule has 1 aromatic rings. The molecular formula is C14H19NO4S. The molecule has 1 aromatic carbocycles. The van der Waals surface area contributed by atoms with Gasteiger partial charge in [-0.2, -0.15) is 11.8 Å². The van der Waals surface area contributed by atoms with Crippen LogP contribution in [-0.4, -0.2) is 42.0 Å². The number of nitrogens with one attached hydrogen (secondary N) is 1. The first-order valence-corrected chi connectivity index (χ1v) is 7.56. The maximum Gasteiger partial charge on any atom is 0.326 e. The first-order valence-electron chi connectivity index (χ1n) is 6.16. The van der Waals surface area contributed by atoms with Crippen molar-refractivity contribution in [2.75, 3.05) is 24.4 Å². The second-order valence-electron chi connectivity index (χ2n) is 4.29. The number of Topliss-reactive ketones (excluding diaryl/α,β-unsaturated/α-hetero) is 1. The number of thioether (sulfide) groups is 1. The van der Waals surface area contributed by atoms with Crippen LogP contribution < -0.4 is 10.1 Å². The molecule has 0 spiro atoms. The van der Waals surface area contributed by atoms with Crippen molar-refractivity contribution in [3.05, 3.63) is 23.8 Å². The molecule has 0 aliphatic rings. The number of hydrogen-bond donors (Lipinski definition) is 2. The van der Waals surface area contributed by atoms with Gasteiger partial charge in [-0.3, -0.25) is 4.79 Å². The number of anilines is 1. The van der Waals surface area contributed by atoms with E-state index in [9.17, 15) is 14.7 Å². The highest BCUT2D eigenvalue weighted by Crippen LogP contribution is 2.27. The van der Waals surface area contributed by atoms with E-state index >= 15 is 0 Å². The van der Waals surface area contributed by atoms with Crippen molar-refractivity contribution in [1.29, 1.82) is 0 Å².